The molecule has 2 aliphatic rings. The first-order valence-corrected chi connectivity index (χ1v) is 6.16. The lowest BCUT2D eigenvalue weighted by molar-refractivity contribution is -0.140. The summed E-state index contributed by atoms with van der Waals surface area (Å²) in [6, 6.07) is 1.83. The first-order valence-electron chi connectivity index (χ1n) is 6.16. The first-order chi connectivity index (χ1) is 8.54. The Morgan fingerprint density at radius 2 is 2.28 bits per heavy atom. The van der Waals surface area contributed by atoms with E-state index >= 15 is 0 Å². The summed E-state index contributed by atoms with van der Waals surface area (Å²) in [7, 11) is 0. The van der Waals surface area contributed by atoms with E-state index in [9.17, 15) is 9.90 Å². The van der Waals surface area contributed by atoms with Gasteiger partial charge in [-0.05, 0) is 31.4 Å². The fourth-order valence-corrected chi connectivity index (χ4v) is 3.21. The Balaban J connectivity index is 2.11. The fourth-order valence-electron chi connectivity index (χ4n) is 3.21. The van der Waals surface area contributed by atoms with E-state index < -0.39 is 6.10 Å². The SMILES string of the molecule is CC1=C2C(=O)O[C@@H](c3ccoc3)[C@]2(C)CCC1O. The van der Waals surface area contributed by atoms with Gasteiger partial charge in [-0.2, -0.15) is 0 Å². The summed E-state index contributed by atoms with van der Waals surface area (Å²) in [6.45, 7) is 3.84. The summed E-state index contributed by atoms with van der Waals surface area (Å²) < 4.78 is 10.6. The number of fused-ring (bicyclic) bond motifs is 1. The van der Waals surface area contributed by atoms with Crippen molar-refractivity contribution >= 4 is 5.97 Å². The van der Waals surface area contributed by atoms with Crippen molar-refractivity contribution in [2.24, 2.45) is 5.41 Å². The molecule has 1 aliphatic heterocycles. The molecule has 1 N–H and O–H groups in total. The molecule has 96 valence electrons. The van der Waals surface area contributed by atoms with Gasteiger partial charge in [0.15, 0.2) is 0 Å². The highest BCUT2D eigenvalue weighted by molar-refractivity contribution is 5.94. The molecule has 0 bridgehead atoms. The van der Waals surface area contributed by atoms with Crippen LogP contribution in [0.5, 0.6) is 0 Å². The quantitative estimate of drug-likeness (QED) is 0.775. The lowest BCUT2D eigenvalue weighted by Crippen LogP contribution is -2.31. The normalized spacial score (nSPS) is 35.6. The second-order valence-corrected chi connectivity index (χ2v) is 5.37. The van der Waals surface area contributed by atoms with Gasteiger partial charge >= 0.3 is 5.97 Å². The lowest BCUT2D eigenvalue weighted by atomic mass is 9.67. The van der Waals surface area contributed by atoms with Gasteiger partial charge in [0.05, 0.1) is 18.6 Å². The topological polar surface area (TPSA) is 59.7 Å². The zero-order valence-corrected chi connectivity index (χ0v) is 10.5. The molecule has 3 atom stereocenters. The number of aliphatic hydroxyl groups excluding tert-OH is 1. The van der Waals surface area contributed by atoms with Crippen LogP contribution in [0.1, 0.15) is 38.4 Å². The average molecular weight is 248 g/mol. The van der Waals surface area contributed by atoms with Crippen molar-refractivity contribution in [2.75, 3.05) is 0 Å². The third kappa shape index (κ3) is 1.38. The Labute approximate surface area is 105 Å². The molecule has 4 nitrogen and oxygen atoms in total. The van der Waals surface area contributed by atoms with E-state index in [-0.39, 0.29) is 17.5 Å². The molecule has 0 radical (unpaired) electrons. The van der Waals surface area contributed by atoms with E-state index in [1.54, 1.807) is 12.5 Å². The molecule has 18 heavy (non-hydrogen) atoms. The molecule has 1 aliphatic carbocycles. The Bertz CT molecular complexity index is 514. The predicted molar refractivity (Wildman–Crippen MR) is 63.6 cm³/mol. The van der Waals surface area contributed by atoms with Crippen LogP contribution in [0.25, 0.3) is 0 Å². The number of hydrogen-bond acceptors (Lipinski definition) is 4. The molecule has 0 saturated carbocycles. The van der Waals surface area contributed by atoms with Crippen molar-refractivity contribution in [1.29, 1.82) is 0 Å². The Hall–Kier alpha value is -1.55. The van der Waals surface area contributed by atoms with Gasteiger partial charge in [-0.3, -0.25) is 0 Å². The molecule has 2 heterocycles. The maximum Gasteiger partial charge on any atom is 0.335 e. The van der Waals surface area contributed by atoms with Crippen molar-refractivity contribution in [1.82, 2.24) is 0 Å². The van der Waals surface area contributed by atoms with Crippen LogP contribution in [0.15, 0.2) is 34.2 Å². The Morgan fingerprint density at radius 3 is 2.94 bits per heavy atom. The summed E-state index contributed by atoms with van der Waals surface area (Å²) in [5.74, 6) is -0.306. The zero-order chi connectivity index (χ0) is 12.9. The molecule has 4 heteroatoms. The van der Waals surface area contributed by atoms with Crippen molar-refractivity contribution in [3.8, 4) is 0 Å². The van der Waals surface area contributed by atoms with Gasteiger partial charge < -0.3 is 14.3 Å². The predicted octanol–water partition coefficient (Wildman–Crippen LogP) is 2.36. The van der Waals surface area contributed by atoms with Crippen LogP contribution in [0.3, 0.4) is 0 Å². The van der Waals surface area contributed by atoms with Gasteiger partial charge in [-0.1, -0.05) is 6.92 Å². The molecule has 1 aromatic heterocycles. The van der Waals surface area contributed by atoms with Gasteiger partial charge in [-0.15, -0.1) is 0 Å². The summed E-state index contributed by atoms with van der Waals surface area (Å²) in [5.41, 5.74) is 1.92. The Kier molecular flexibility index (Phi) is 2.38. The third-order valence-corrected chi connectivity index (χ3v) is 4.26. The largest absolute Gasteiger partial charge is 0.472 e. The second-order valence-electron chi connectivity index (χ2n) is 5.37. The van der Waals surface area contributed by atoms with Crippen LogP contribution in [0, 0.1) is 5.41 Å². The summed E-state index contributed by atoms with van der Waals surface area (Å²) in [4.78, 5) is 12.1. The standard InChI is InChI=1S/C14H16O4/c1-8-10(15)3-5-14(2)11(8)13(16)18-12(14)9-4-6-17-7-9/h4,6-7,10,12,15H,3,5H2,1-2H3/t10?,12-,14+/m0/s1. The summed E-state index contributed by atoms with van der Waals surface area (Å²) >= 11 is 0. The van der Waals surface area contributed by atoms with Crippen LogP contribution in [0.2, 0.25) is 0 Å². The molecule has 1 fully saturated rings. The van der Waals surface area contributed by atoms with Crippen LogP contribution >= 0.6 is 0 Å². The maximum atomic E-state index is 12.1. The number of furan rings is 1. The molecule has 0 aromatic carbocycles. The summed E-state index contributed by atoms with van der Waals surface area (Å²) in [6.07, 6.45) is 3.77. The first kappa shape index (κ1) is 11.5. The Morgan fingerprint density at radius 1 is 1.50 bits per heavy atom. The van der Waals surface area contributed by atoms with E-state index in [2.05, 4.69) is 0 Å². The van der Waals surface area contributed by atoms with Crippen molar-refractivity contribution in [3.63, 3.8) is 0 Å². The number of esters is 1. The number of aliphatic hydroxyl groups is 1. The zero-order valence-electron chi connectivity index (χ0n) is 10.5. The van der Waals surface area contributed by atoms with E-state index in [4.69, 9.17) is 9.15 Å². The van der Waals surface area contributed by atoms with E-state index in [0.29, 0.717) is 12.0 Å². The maximum absolute atomic E-state index is 12.1. The van der Waals surface area contributed by atoms with Crippen LogP contribution < -0.4 is 0 Å². The summed E-state index contributed by atoms with van der Waals surface area (Å²) in [5, 5.41) is 9.89. The highest BCUT2D eigenvalue weighted by Gasteiger charge is 2.54. The van der Waals surface area contributed by atoms with E-state index in [0.717, 1.165) is 17.6 Å². The van der Waals surface area contributed by atoms with E-state index in [1.165, 1.54) is 0 Å². The van der Waals surface area contributed by atoms with Crippen LogP contribution in [0.4, 0.5) is 0 Å². The number of hydrogen-bond donors (Lipinski definition) is 1. The number of rotatable bonds is 1. The van der Waals surface area contributed by atoms with Crippen molar-refractivity contribution < 1.29 is 19.1 Å². The molecule has 3 rings (SSSR count). The van der Waals surface area contributed by atoms with Gasteiger partial charge in [0.1, 0.15) is 6.10 Å². The number of carbonyl (C=O) groups is 1. The van der Waals surface area contributed by atoms with Gasteiger partial charge in [0.2, 0.25) is 0 Å². The van der Waals surface area contributed by atoms with Gasteiger partial charge in [0.25, 0.3) is 0 Å². The molecular weight excluding hydrogens is 232 g/mol. The molecule has 0 spiro atoms. The number of carbonyl (C=O) groups excluding carboxylic acids is 1. The molecule has 0 amide bonds. The highest BCUT2D eigenvalue weighted by Crippen LogP contribution is 2.55. The minimum absolute atomic E-state index is 0.304. The molecular formula is C14H16O4. The molecule has 1 aromatic rings. The molecule has 1 saturated heterocycles. The van der Waals surface area contributed by atoms with Crippen LogP contribution in [-0.4, -0.2) is 17.2 Å². The minimum Gasteiger partial charge on any atom is -0.472 e. The van der Waals surface area contributed by atoms with Crippen molar-refractivity contribution in [2.45, 2.75) is 38.9 Å². The highest BCUT2D eigenvalue weighted by atomic mass is 16.6. The lowest BCUT2D eigenvalue weighted by Gasteiger charge is -2.35. The monoisotopic (exact) mass is 248 g/mol. The number of ether oxygens (including phenoxy) is 1. The smallest absolute Gasteiger partial charge is 0.335 e. The average Bonchev–Trinajstić information content (AvgIpc) is 2.92. The van der Waals surface area contributed by atoms with Crippen LogP contribution in [-0.2, 0) is 9.53 Å². The molecule has 1 unspecified atom stereocenters. The van der Waals surface area contributed by atoms with Gasteiger partial charge in [-0.25, -0.2) is 4.79 Å². The second kappa shape index (κ2) is 3.72. The third-order valence-electron chi connectivity index (χ3n) is 4.26. The fraction of sp³-hybridized carbons (Fsp3) is 0.500. The van der Waals surface area contributed by atoms with E-state index in [1.807, 2.05) is 19.9 Å². The van der Waals surface area contributed by atoms with Gasteiger partial charge in [0, 0.05) is 16.6 Å². The number of cyclic esters (lactones) is 1. The van der Waals surface area contributed by atoms with Crippen molar-refractivity contribution in [3.05, 3.63) is 35.3 Å². The minimum atomic E-state index is -0.524.